The molecule has 0 bridgehead atoms. The van der Waals surface area contributed by atoms with E-state index in [4.69, 9.17) is 9.47 Å². The Morgan fingerprint density at radius 1 is 1.03 bits per heavy atom. The van der Waals surface area contributed by atoms with Crippen molar-refractivity contribution in [3.63, 3.8) is 0 Å². The van der Waals surface area contributed by atoms with Gasteiger partial charge in [0.1, 0.15) is 0 Å². The number of thioether (sulfide) groups is 1. The number of carbonyl (C=O) groups is 1. The Kier molecular flexibility index (Phi) is 7.23. The lowest BCUT2D eigenvalue weighted by Crippen LogP contribution is -2.37. The molecule has 4 rings (SSSR count). The third-order valence-corrected chi connectivity index (χ3v) is 6.68. The summed E-state index contributed by atoms with van der Waals surface area (Å²) in [5, 5.41) is 9.52. The summed E-state index contributed by atoms with van der Waals surface area (Å²) in [4.78, 5) is 14.9. The SMILES string of the molecule is COc1ccccc1OC(C)c1nnc(SCC(=O)N2CCc3ccccc3C2)n1C(C)C. The van der Waals surface area contributed by atoms with E-state index in [1.807, 2.05) is 46.7 Å². The highest BCUT2D eigenvalue weighted by atomic mass is 32.2. The third-order valence-electron chi connectivity index (χ3n) is 5.75. The van der Waals surface area contributed by atoms with Gasteiger partial charge in [-0.2, -0.15) is 0 Å². The van der Waals surface area contributed by atoms with Crippen molar-refractivity contribution in [1.29, 1.82) is 0 Å². The molecule has 0 saturated heterocycles. The molecule has 2 heterocycles. The van der Waals surface area contributed by atoms with E-state index in [1.54, 1.807) is 7.11 Å². The Hall–Kier alpha value is -3.00. The average molecular weight is 467 g/mol. The summed E-state index contributed by atoms with van der Waals surface area (Å²) in [6.07, 6.45) is 0.566. The summed E-state index contributed by atoms with van der Waals surface area (Å²) in [6.45, 7) is 7.52. The average Bonchev–Trinajstić information content (AvgIpc) is 3.27. The van der Waals surface area contributed by atoms with Crippen LogP contribution in [0, 0.1) is 0 Å². The van der Waals surface area contributed by atoms with Gasteiger partial charge in [0.15, 0.2) is 28.6 Å². The quantitative estimate of drug-likeness (QED) is 0.449. The third kappa shape index (κ3) is 5.16. The molecule has 1 aromatic heterocycles. The second-order valence-electron chi connectivity index (χ2n) is 8.34. The standard InChI is InChI=1S/C25H30N4O3S/c1-17(2)29-24(18(3)32-22-12-8-7-11-21(22)31-4)26-27-25(29)33-16-23(30)28-14-13-19-9-5-6-10-20(19)15-28/h5-12,17-18H,13-16H2,1-4H3. The van der Waals surface area contributed by atoms with Gasteiger partial charge in [-0.3, -0.25) is 4.79 Å². The van der Waals surface area contributed by atoms with E-state index < -0.39 is 0 Å². The largest absolute Gasteiger partial charge is 0.493 e. The predicted molar refractivity (Wildman–Crippen MR) is 129 cm³/mol. The summed E-state index contributed by atoms with van der Waals surface area (Å²) in [7, 11) is 1.62. The second kappa shape index (κ2) is 10.3. The number of hydrogen-bond acceptors (Lipinski definition) is 6. The zero-order valence-electron chi connectivity index (χ0n) is 19.5. The van der Waals surface area contributed by atoms with Crippen LogP contribution in [0.2, 0.25) is 0 Å². The van der Waals surface area contributed by atoms with Crippen molar-refractivity contribution >= 4 is 17.7 Å². The maximum absolute atomic E-state index is 12.9. The molecule has 0 radical (unpaired) electrons. The Balaban J connectivity index is 1.44. The van der Waals surface area contributed by atoms with Gasteiger partial charge in [-0.15, -0.1) is 10.2 Å². The van der Waals surface area contributed by atoms with E-state index in [1.165, 1.54) is 22.9 Å². The molecular weight excluding hydrogens is 436 g/mol. The Labute approximate surface area is 199 Å². The van der Waals surface area contributed by atoms with Gasteiger partial charge >= 0.3 is 0 Å². The molecule has 1 aliphatic rings. The van der Waals surface area contributed by atoms with Crippen LogP contribution in [0.1, 0.15) is 49.9 Å². The summed E-state index contributed by atoms with van der Waals surface area (Å²) in [5.41, 5.74) is 2.57. The fraction of sp³-hybridized carbons (Fsp3) is 0.400. The molecule has 7 nitrogen and oxygen atoms in total. The molecule has 1 unspecified atom stereocenters. The monoisotopic (exact) mass is 466 g/mol. The van der Waals surface area contributed by atoms with Crippen LogP contribution in [0.25, 0.3) is 0 Å². The minimum Gasteiger partial charge on any atom is -0.493 e. The normalized spacial score (nSPS) is 14.2. The zero-order chi connectivity index (χ0) is 23.4. The number of nitrogens with zero attached hydrogens (tertiary/aromatic N) is 4. The maximum atomic E-state index is 12.9. The van der Waals surface area contributed by atoms with Gasteiger partial charge in [0.25, 0.3) is 0 Å². The van der Waals surface area contributed by atoms with E-state index in [0.717, 1.165) is 23.9 Å². The number of hydrogen-bond donors (Lipinski definition) is 0. The number of fused-ring (bicyclic) bond motifs is 1. The highest BCUT2D eigenvalue weighted by Gasteiger charge is 2.25. The second-order valence-corrected chi connectivity index (χ2v) is 9.28. The van der Waals surface area contributed by atoms with Crippen molar-refractivity contribution in [2.24, 2.45) is 0 Å². The fourth-order valence-corrected chi connectivity index (χ4v) is 5.01. The van der Waals surface area contributed by atoms with Crippen LogP contribution in [0.4, 0.5) is 0 Å². The van der Waals surface area contributed by atoms with Crippen molar-refractivity contribution in [1.82, 2.24) is 19.7 Å². The molecule has 0 fully saturated rings. The molecule has 0 aliphatic carbocycles. The predicted octanol–water partition coefficient (Wildman–Crippen LogP) is 4.68. The van der Waals surface area contributed by atoms with Crippen LogP contribution < -0.4 is 9.47 Å². The van der Waals surface area contributed by atoms with Gasteiger partial charge in [0, 0.05) is 19.1 Å². The molecule has 174 valence electrons. The molecule has 1 amide bonds. The Morgan fingerprint density at radius 2 is 1.73 bits per heavy atom. The molecule has 1 atom stereocenters. The lowest BCUT2D eigenvalue weighted by Gasteiger charge is -2.28. The molecule has 0 saturated carbocycles. The molecule has 3 aromatic rings. The number of methoxy groups -OCH3 is 1. The number of aromatic nitrogens is 3. The smallest absolute Gasteiger partial charge is 0.233 e. The summed E-state index contributed by atoms with van der Waals surface area (Å²) >= 11 is 1.43. The van der Waals surface area contributed by atoms with E-state index in [0.29, 0.717) is 23.8 Å². The van der Waals surface area contributed by atoms with E-state index in [9.17, 15) is 4.79 Å². The van der Waals surface area contributed by atoms with Crippen LogP contribution in [-0.4, -0.2) is 45.0 Å². The van der Waals surface area contributed by atoms with Gasteiger partial charge in [-0.1, -0.05) is 48.2 Å². The number of para-hydroxylation sites is 2. The lowest BCUT2D eigenvalue weighted by molar-refractivity contribution is -0.129. The van der Waals surface area contributed by atoms with Crippen molar-refractivity contribution in [2.75, 3.05) is 19.4 Å². The van der Waals surface area contributed by atoms with Gasteiger partial charge in [0.2, 0.25) is 5.91 Å². The van der Waals surface area contributed by atoms with Crippen molar-refractivity contribution in [3.8, 4) is 11.5 Å². The van der Waals surface area contributed by atoms with Crippen molar-refractivity contribution < 1.29 is 14.3 Å². The molecule has 8 heteroatoms. The van der Waals surface area contributed by atoms with E-state index in [-0.39, 0.29) is 18.1 Å². The minimum absolute atomic E-state index is 0.118. The first-order chi connectivity index (χ1) is 16.0. The maximum Gasteiger partial charge on any atom is 0.233 e. The first-order valence-corrected chi connectivity index (χ1v) is 12.2. The number of benzene rings is 2. The molecule has 1 aliphatic heterocycles. The highest BCUT2D eigenvalue weighted by Crippen LogP contribution is 2.32. The van der Waals surface area contributed by atoms with Gasteiger partial charge in [0.05, 0.1) is 12.9 Å². The Bertz CT molecular complexity index is 1110. The molecule has 0 N–H and O–H groups in total. The summed E-state index contributed by atoms with van der Waals surface area (Å²) in [6, 6.07) is 16.0. The molecule has 0 spiro atoms. The van der Waals surface area contributed by atoms with Crippen LogP contribution in [0.15, 0.2) is 53.7 Å². The first-order valence-electron chi connectivity index (χ1n) is 11.2. The van der Waals surface area contributed by atoms with Crippen LogP contribution >= 0.6 is 11.8 Å². The summed E-state index contributed by atoms with van der Waals surface area (Å²) in [5.74, 6) is 2.49. The van der Waals surface area contributed by atoms with Crippen LogP contribution in [0.5, 0.6) is 11.5 Å². The van der Waals surface area contributed by atoms with Crippen LogP contribution in [-0.2, 0) is 17.8 Å². The fourth-order valence-electron chi connectivity index (χ4n) is 4.03. The minimum atomic E-state index is -0.333. The molecular formula is C25H30N4O3S. The topological polar surface area (TPSA) is 69.5 Å². The first kappa shape index (κ1) is 23.2. The number of ether oxygens (including phenoxy) is 2. The number of amides is 1. The number of carbonyl (C=O) groups excluding carboxylic acids is 1. The van der Waals surface area contributed by atoms with Crippen LogP contribution in [0.3, 0.4) is 0 Å². The molecule has 2 aromatic carbocycles. The van der Waals surface area contributed by atoms with Gasteiger partial charge in [-0.05, 0) is 50.5 Å². The Morgan fingerprint density at radius 3 is 2.45 bits per heavy atom. The lowest BCUT2D eigenvalue weighted by atomic mass is 10.00. The summed E-state index contributed by atoms with van der Waals surface area (Å²) < 4.78 is 13.6. The highest BCUT2D eigenvalue weighted by molar-refractivity contribution is 7.99. The van der Waals surface area contributed by atoms with Crippen molar-refractivity contribution in [2.45, 2.75) is 51.0 Å². The van der Waals surface area contributed by atoms with E-state index in [2.05, 4.69) is 42.2 Å². The molecule has 33 heavy (non-hydrogen) atoms. The van der Waals surface area contributed by atoms with Crippen molar-refractivity contribution in [3.05, 3.63) is 65.5 Å². The van der Waals surface area contributed by atoms with Gasteiger partial charge in [-0.25, -0.2) is 0 Å². The number of rotatable bonds is 8. The van der Waals surface area contributed by atoms with Gasteiger partial charge < -0.3 is 18.9 Å². The zero-order valence-corrected chi connectivity index (χ0v) is 20.3. The van der Waals surface area contributed by atoms with E-state index >= 15 is 0 Å².